The summed E-state index contributed by atoms with van der Waals surface area (Å²) in [4.78, 5) is 2.39. The normalized spacial score (nSPS) is 16.2. The van der Waals surface area contributed by atoms with E-state index in [2.05, 4.69) is 51.2 Å². The molecule has 110 valence electrons. The fourth-order valence-electron chi connectivity index (χ4n) is 2.94. The van der Waals surface area contributed by atoms with E-state index in [-0.39, 0.29) is 0 Å². The van der Waals surface area contributed by atoms with Crippen molar-refractivity contribution < 1.29 is 5.11 Å². The Hall–Kier alpha value is -1.32. The first-order valence-corrected chi connectivity index (χ1v) is 8.29. The predicted octanol–water partition coefficient (Wildman–Crippen LogP) is 4.98. The van der Waals surface area contributed by atoms with Gasteiger partial charge in [0.25, 0.3) is 0 Å². The Bertz CT molecular complexity index is 639. The first-order chi connectivity index (χ1) is 10.2. The Labute approximate surface area is 134 Å². The van der Waals surface area contributed by atoms with Crippen molar-refractivity contribution in [2.45, 2.75) is 32.3 Å². The number of aliphatic hydroxyl groups excluding tert-OH is 1. The van der Waals surface area contributed by atoms with E-state index < -0.39 is 6.10 Å². The highest BCUT2D eigenvalue weighted by atomic mass is 79.9. The lowest BCUT2D eigenvalue weighted by molar-refractivity contribution is 0.199. The minimum absolute atomic E-state index is 0.438. The summed E-state index contributed by atoms with van der Waals surface area (Å²) in [6.45, 7) is 2.83. The summed E-state index contributed by atoms with van der Waals surface area (Å²) >= 11 is 3.68. The van der Waals surface area contributed by atoms with Crippen molar-refractivity contribution >= 4 is 27.3 Å². The lowest BCUT2D eigenvalue weighted by Crippen LogP contribution is -2.18. The number of anilines is 2. The number of hydrogen-bond donors (Lipinski definition) is 1. The molecule has 0 fully saturated rings. The van der Waals surface area contributed by atoms with Gasteiger partial charge >= 0.3 is 0 Å². The molecule has 0 saturated heterocycles. The molecule has 3 heteroatoms. The molecule has 0 unspecified atom stereocenters. The second kappa shape index (κ2) is 6.20. The molecule has 3 rings (SSSR count). The molecule has 0 saturated carbocycles. The van der Waals surface area contributed by atoms with Crippen molar-refractivity contribution in [3.05, 3.63) is 58.1 Å². The molecule has 2 aromatic rings. The summed E-state index contributed by atoms with van der Waals surface area (Å²) in [6.07, 6.45) is 3.14. The second-order valence-electron chi connectivity index (χ2n) is 5.62. The zero-order valence-electron chi connectivity index (χ0n) is 12.2. The van der Waals surface area contributed by atoms with Crippen LogP contribution in [0.3, 0.4) is 0 Å². The number of halogens is 1. The van der Waals surface area contributed by atoms with Crippen molar-refractivity contribution in [3.63, 3.8) is 0 Å². The molecule has 21 heavy (non-hydrogen) atoms. The Morgan fingerprint density at radius 2 is 1.90 bits per heavy atom. The molecule has 1 atom stereocenters. The fourth-order valence-corrected chi connectivity index (χ4v) is 3.55. The highest BCUT2D eigenvalue weighted by molar-refractivity contribution is 9.10. The van der Waals surface area contributed by atoms with Crippen molar-refractivity contribution in [3.8, 4) is 0 Å². The highest BCUT2D eigenvalue weighted by Crippen LogP contribution is 2.37. The molecule has 0 aromatic heterocycles. The third-order valence-electron chi connectivity index (χ3n) is 4.11. The summed E-state index contributed by atoms with van der Waals surface area (Å²) in [5.41, 5.74) is 4.84. The van der Waals surface area contributed by atoms with Crippen LogP contribution in [0, 0.1) is 0 Å². The molecular formula is C18H20BrNO. The number of hydrogen-bond acceptors (Lipinski definition) is 2. The largest absolute Gasteiger partial charge is 0.389 e. The van der Waals surface area contributed by atoms with Crippen molar-refractivity contribution in [1.82, 2.24) is 0 Å². The quantitative estimate of drug-likeness (QED) is 0.829. The van der Waals surface area contributed by atoms with Crippen LogP contribution in [0.5, 0.6) is 0 Å². The van der Waals surface area contributed by atoms with Gasteiger partial charge in [-0.05, 0) is 71.4 Å². The van der Waals surface area contributed by atoms with Gasteiger partial charge in [-0.25, -0.2) is 0 Å². The Morgan fingerprint density at radius 1 is 1.10 bits per heavy atom. The van der Waals surface area contributed by atoms with Gasteiger partial charge in [-0.15, -0.1) is 0 Å². The lowest BCUT2D eigenvalue weighted by Gasteiger charge is -2.26. The Balaban J connectivity index is 2.04. The molecular weight excluding hydrogens is 326 g/mol. The molecule has 0 amide bonds. The first-order valence-electron chi connectivity index (χ1n) is 7.50. The Morgan fingerprint density at radius 3 is 2.67 bits per heavy atom. The number of fused-ring (bicyclic) bond motifs is 1. The molecule has 0 bridgehead atoms. The van der Waals surface area contributed by atoms with Gasteiger partial charge in [0.05, 0.1) is 11.8 Å². The van der Waals surface area contributed by atoms with Crippen molar-refractivity contribution in [2.24, 2.45) is 0 Å². The van der Waals surface area contributed by atoms with Crippen LogP contribution in [0.4, 0.5) is 11.4 Å². The molecule has 1 aliphatic heterocycles. The molecule has 1 heterocycles. The van der Waals surface area contributed by atoms with E-state index in [1.54, 1.807) is 6.92 Å². The standard InChI is InChI=1S/C18H20BrNO/c1-13(21)15-9-10-18(16(19)12-15)20-11-5-4-7-14-6-2-3-8-17(14)20/h2-3,6,8-10,12-13,21H,4-5,7,11H2,1H3/t13-/m1/s1. The summed E-state index contributed by atoms with van der Waals surface area (Å²) < 4.78 is 1.04. The third-order valence-corrected chi connectivity index (χ3v) is 4.74. The Kier molecular flexibility index (Phi) is 4.32. The number of para-hydroxylation sites is 1. The average Bonchev–Trinajstić information content (AvgIpc) is 2.69. The minimum atomic E-state index is -0.438. The van der Waals surface area contributed by atoms with Gasteiger partial charge in [-0.1, -0.05) is 24.3 Å². The van der Waals surface area contributed by atoms with Crippen LogP contribution < -0.4 is 4.90 Å². The van der Waals surface area contributed by atoms with E-state index in [0.29, 0.717) is 0 Å². The van der Waals surface area contributed by atoms with Crippen LogP contribution >= 0.6 is 15.9 Å². The van der Waals surface area contributed by atoms with E-state index in [4.69, 9.17) is 0 Å². The first kappa shape index (κ1) is 14.6. The number of rotatable bonds is 2. The van der Waals surface area contributed by atoms with E-state index in [0.717, 1.165) is 23.0 Å². The van der Waals surface area contributed by atoms with Gasteiger partial charge in [-0.2, -0.15) is 0 Å². The van der Waals surface area contributed by atoms with Gasteiger partial charge in [0.2, 0.25) is 0 Å². The van der Waals surface area contributed by atoms with E-state index in [1.807, 2.05) is 12.1 Å². The summed E-state index contributed by atoms with van der Waals surface area (Å²) in [5, 5.41) is 9.72. The smallest absolute Gasteiger partial charge is 0.0762 e. The van der Waals surface area contributed by atoms with E-state index >= 15 is 0 Å². The number of benzene rings is 2. The molecule has 0 aliphatic carbocycles. The van der Waals surface area contributed by atoms with E-state index in [1.165, 1.54) is 29.8 Å². The molecule has 1 aliphatic rings. The minimum Gasteiger partial charge on any atom is -0.389 e. The third kappa shape index (κ3) is 2.99. The maximum atomic E-state index is 9.72. The number of aryl methyl sites for hydroxylation is 1. The van der Waals surface area contributed by atoms with E-state index in [9.17, 15) is 5.11 Å². The van der Waals surface area contributed by atoms with Crippen LogP contribution in [0.25, 0.3) is 0 Å². The van der Waals surface area contributed by atoms with Crippen LogP contribution in [0.15, 0.2) is 46.9 Å². The second-order valence-corrected chi connectivity index (χ2v) is 6.48. The van der Waals surface area contributed by atoms with Gasteiger partial charge in [0.1, 0.15) is 0 Å². The number of nitrogens with zero attached hydrogens (tertiary/aromatic N) is 1. The summed E-state index contributed by atoms with van der Waals surface area (Å²) in [7, 11) is 0. The zero-order valence-corrected chi connectivity index (χ0v) is 13.8. The van der Waals surface area contributed by atoms with Crippen LogP contribution in [0.2, 0.25) is 0 Å². The lowest BCUT2D eigenvalue weighted by atomic mass is 10.1. The van der Waals surface area contributed by atoms with Crippen molar-refractivity contribution in [2.75, 3.05) is 11.4 Å². The van der Waals surface area contributed by atoms with Crippen LogP contribution in [-0.4, -0.2) is 11.7 Å². The summed E-state index contributed by atoms with van der Waals surface area (Å²) in [6, 6.07) is 14.8. The van der Waals surface area contributed by atoms with Crippen molar-refractivity contribution in [1.29, 1.82) is 0 Å². The van der Waals surface area contributed by atoms with Crippen LogP contribution in [0.1, 0.15) is 37.0 Å². The number of aliphatic hydroxyl groups is 1. The fraction of sp³-hybridized carbons (Fsp3) is 0.333. The highest BCUT2D eigenvalue weighted by Gasteiger charge is 2.18. The molecule has 1 N–H and O–H groups in total. The SMILES string of the molecule is C[C@@H](O)c1ccc(N2CCCCc3ccccc32)c(Br)c1. The predicted molar refractivity (Wildman–Crippen MR) is 91.2 cm³/mol. The molecule has 0 spiro atoms. The van der Waals surface area contributed by atoms with Gasteiger partial charge in [-0.3, -0.25) is 0 Å². The zero-order chi connectivity index (χ0) is 14.8. The van der Waals surface area contributed by atoms with Gasteiger partial charge in [0.15, 0.2) is 0 Å². The molecule has 0 radical (unpaired) electrons. The maximum Gasteiger partial charge on any atom is 0.0762 e. The average molecular weight is 346 g/mol. The van der Waals surface area contributed by atoms with Gasteiger partial charge < -0.3 is 10.0 Å². The molecule has 2 nitrogen and oxygen atoms in total. The van der Waals surface area contributed by atoms with Crippen LogP contribution in [-0.2, 0) is 6.42 Å². The van der Waals surface area contributed by atoms with Gasteiger partial charge in [0, 0.05) is 16.7 Å². The molecule has 2 aromatic carbocycles. The monoisotopic (exact) mass is 345 g/mol. The maximum absolute atomic E-state index is 9.72. The summed E-state index contributed by atoms with van der Waals surface area (Å²) in [5.74, 6) is 0. The topological polar surface area (TPSA) is 23.5 Å².